The molecular weight excluding hydrogens is 382 g/mol. The molecule has 1 saturated heterocycles. The summed E-state index contributed by atoms with van der Waals surface area (Å²) >= 11 is 0. The van der Waals surface area contributed by atoms with Gasteiger partial charge in [-0.3, -0.25) is 9.88 Å². The van der Waals surface area contributed by atoms with E-state index in [0.29, 0.717) is 12.6 Å². The zero-order valence-electron chi connectivity index (χ0n) is 17.0. The van der Waals surface area contributed by atoms with Crippen LogP contribution in [0.2, 0.25) is 0 Å². The number of pyridine rings is 2. The molecule has 3 aromatic heterocycles. The molecule has 0 radical (unpaired) electrons. The molecule has 9 nitrogen and oxygen atoms in total. The summed E-state index contributed by atoms with van der Waals surface area (Å²) in [6, 6.07) is 4.30. The molecule has 0 spiro atoms. The molecule has 5 rings (SSSR count). The third kappa shape index (κ3) is 3.11. The smallest absolute Gasteiger partial charge is 0.324 e. The lowest BCUT2D eigenvalue weighted by atomic mass is 10.0. The number of urea groups is 1. The molecule has 0 saturated carbocycles. The SMILES string of the molecule is COc1ncc(-c2ccc3ncc4c(c3n2)N(C2CCNCC2)C(=O)N(C)C4)cn1. The minimum atomic E-state index is 0.0156. The number of hydrogen-bond acceptors (Lipinski definition) is 7. The summed E-state index contributed by atoms with van der Waals surface area (Å²) in [7, 11) is 3.37. The quantitative estimate of drug-likeness (QED) is 0.714. The van der Waals surface area contributed by atoms with Gasteiger partial charge in [-0.05, 0) is 38.1 Å². The highest BCUT2D eigenvalue weighted by Crippen LogP contribution is 2.37. The molecule has 2 amide bonds. The Hall–Kier alpha value is -3.33. The Morgan fingerprint density at radius 1 is 1.10 bits per heavy atom. The molecule has 9 heteroatoms. The van der Waals surface area contributed by atoms with Crippen molar-refractivity contribution in [3.05, 3.63) is 36.3 Å². The molecule has 3 aromatic rings. The van der Waals surface area contributed by atoms with Crippen molar-refractivity contribution in [3.8, 4) is 17.3 Å². The molecule has 30 heavy (non-hydrogen) atoms. The van der Waals surface area contributed by atoms with E-state index < -0.39 is 0 Å². The van der Waals surface area contributed by atoms with Gasteiger partial charge in [-0.25, -0.2) is 19.7 Å². The fourth-order valence-electron chi connectivity index (χ4n) is 4.20. The first-order valence-electron chi connectivity index (χ1n) is 10.1. The fraction of sp³-hybridized carbons (Fsp3) is 0.381. The fourth-order valence-corrected chi connectivity index (χ4v) is 4.20. The lowest BCUT2D eigenvalue weighted by molar-refractivity contribution is 0.205. The van der Waals surface area contributed by atoms with Crippen LogP contribution in [0.1, 0.15) is 18.4 Å². The van der Waals surface area contributed by atoms with E-state index in [1.165, 1.54) is 7.11 Å². The molecule has 1 N–H and O–H groups in total. The van der Waals surface area contributed by atoms with Crippen molar-refractivity contribution < 1.29 is 9.53 Å². The Morgan fingerprint density at radius 3 is 2.60 bits per heavy atom. The summed E-state index contributed by atoms with van der Waals surface area (Å²) in [4.78, 5) is 34.8. The van der Waals surface area contributed by atoms with E-state index >= 15 is 0 Å². The zero-order valence-corrected chi connectivity index (χ0v) is 17.0. The lowest BCUT2D eigenvalue weighted by Crippen LogP contribution is -2.53. The van der Waals surface area contributed by atoms with Gasteiger partial charge in [0.25, 0.3) is 0 Å². The predicted octanol–water partition coefficient (Wildman–Crippen LogP) is 2.22. The van der Waals surface area contributed by atoms with E-state index in [1.807, 2.05) is 30.3 Å². The second-order valence-corrected chi connectivity index (χ2v) is 7.64. The van der Waals surface area contributed by atoms with E-state index in [1.54, 1.807) is 17.3 Å². The number of ether oxygens (including phenoxy) is 1. The van der Waals surface area contributed by atoms with Crippen molar-refractivity contribution in [2.24, 2.45) is 0 Å². The van der Waals surface area contributed by atoms with Crippen LogP contribution >= 0.6 is 0 Å². The summed E-state index contributed by atoms with van der Waals surface area (Å²) in [5, 5.41) is 3.38. The number of piperidine rings is 1. The highest BCUT2D eigenvalue weighted by molar-refractivity contribution is 6.04. The van der Waals surface area contributed by atoms with Crippen LogP contribution in [0, 0.1) is 0 Å². The van der Waals surface area contributed by atoms with E-state index in [-0.39, 0.29) is 12.1 Å². The summed E-state index contributed by atoms with van der Waals surface area (Å²) < 4.78 is 5.05. The number of hydrogen-bond donors (Lipinski definition) is 1. The van der Waals surface area contributed by atoms with Crippen molar-refractivity contribution in [1.29, 1.82) is 0 Å². The minimum absolute atomic E-state index is 0.0156. The van der Waals surface area contributed by atoms with Gasteiger partial charge in [0.2, 0.25) is 0 Å². The van der Waals surface area contributed by atoms with E-state index in [4.69, 9.17) is 9.72 Å². The van der Waals surface area contributed by atoms with Crippen molar-refractivity contribution >= 4 is 22.8 Å². The first kappa shape index (κ1) is 18.7. The van der Waals surface area contributed by atoms with E-state index in [9.17, 15) is 4.79 Å². The summed E-state index contributed by atoms with van der Waals surface area (Å²) in [5.74, 6) is 0. The summed E-state index contributed by atoms with van der Waals surface area (Å²) in [6.45, 7) is 2.33. The second-order valence-electron chi connectivity index (χ2n) is 7.64. The Morgan fingerprint density at radius 2 is 1.87 bits per heavy atom. The molecule has 0 unspecified atom stereocenters. The number of fused-ring (bicyclic) bond motifs is 3. The largest absolute Gasteiger partial charge is 0.467 e. The van der Waals surface area contributed by atoms with Gasteiger partial charge in [-0.15, -0.1) is 0 Å². The van der Waals surface area contributed by atoms with Gasteiger partial charge in [0.1, 0.15) is 5.52 Å². The molecule has 154 valence electrons. The average Bonchev–Trinajstić information content (AvgIpc) is 2.80. The zero-order chi connectivity index (χ0) is 20.7. The Labute approximate surface area is 174 Å². The van der Waals surface area contributed by atoms with Crippen LogP contribution < -0.4 is 15.0 Å². The first-order valence-corrected chi connectivity index (χ1v) is 10.1. The van der Waals surface area contributed by atoms with Gasteiger partial charge in [0, 0.05) is 42.8 Å². The van der Waals surface area contributed by atoms with Gasteiger partial charge in [-0.1, -0.05) is 0 Å². The summed E-state index contributed by atoms with van der Waals surface area (Å²) in [6.07, 6.45) is 7.06. The number of carbonyl (C=O) groups excluding carboxylic acids is 1. The van der Waals surface area contributed by atoms with Gasteiger partial charge >= 0.3 is 12.0 Å². The van der Waals surface area contributed by atoms with Crippen molar-refractivity contribution in [2.75, 3.05) is 32.1 Å². The van der Waals surface area contributed by atoms with Crippen molar-refractivity contribution in [3.63, 3.8) is 0 Å². The highest BCUT2D eigenvalue weighted by atomic mass is 16.5. The van der Waals surface area contributed by atoms with E-state index in [0.717, 1.165) is 59.5 Å². The van der Waals surface area contributed by atoms with Crippen molar-refractivity contribution in [1.82, 2.24) is 30.2 Å². The van der Waals surface area contributed by atoms with Gasteiger partial charge in [0.05, 0.1) is 30.6 Å². The molecule has 5 heterocycles. The topological polar surface area (TPSA) is 96.4 Å². The van der Waals surface area contributed by atoms with Gasteiger partial charge in [0.15, 0.2) is 0 Å². The maximum Gasteiger partial charge on any atom is 0.324 e. The van der Waals surface area contributed by atoms with Crippen molar-refractivity contribution in [2.45, 2.75) is 25.4 Å². The molecular formula is C21H23N7O2. The normalized spacial score (nSPS) is 17.3. The predicted molar refractivity (Wildman–Crippen MR) is 112 cm³/mol. The van der Waals surface area contributed by atoms with Gasteiger partial charge < -0.3 is 15.0 Å². The average molecular weight is 405 g/mol. The Bertz CT molecular complexity index is 1100. The van der Waals surface area contributed by atoms with Crippen LogP contribution in [0.5, 0.6) is 6.01 Å². The molecule has 0 aliphatic carbocycles. The summed E-state index contributed by atoms with van der Waals surface area (Å²) in [5.41, 5.74) is 4.91. The number of rotatable bonds is 3. The second kappa shape index (κ2) is 7.49. The molecule has 0 aromatic carbocycles. The maximum absolute atomic E-state index is 13.2. The molecule has 0 bridgehead atoms. The highest BCUT2D eigenvalue weighted by Gasteiger charge is 2.36. The maximum atomic E-state index is 13.2. The number of nitrogens with zero attached hydrogens (tertiary/aromatic N) is 6. The number of amides is 2. The minimum Gasteiger partial charge on any atom is -0.467 e. The first-order chi connectivity index (χ1) is 14.7. The number of aromatic nitrogens is 4. The van der Waals surface area contributed by atoms with Crippen LogP contribution in [-0.2, 0) is 6.54 Å². The standard InChI is InChI=1S/C21H23N7O2/c1-27-12-14-11-23-17-4-3-16(13-9-24-20(30-2)25-10-13)26-18(17)19(14)28(21(27)29)15-5-7-22-8-6-15/h3-4,9-11,15,22H,5-8,12H2,1-2H3. The lowest BCUT2D eigenvalue weighted by Gasteiger charge is -2.41. The van der Waals surface area contributed by atoms with E-state index in [2.05, 4.69) is 20.3 Å². The van der Waals surface area contributed by atoms with Crippen LogP contribution in [0.4, 0.5) is 10.5 Å². The van der Waals surface area contributed by atoms with Crippen LogP contribution in [0.3, 0.4) is 0 Å². The monoisotopic (exact) mass is 405 g/mol. The van der Waals surface area contributed by atoms with Crippen LogP contribution in [-0.4, -0.2) is 64.2 Å². The van der Waals surface area contributed by atoms with Gasteiger partial charge in [-0.2, -0.15) is 0 Å². The Balaban J connectivity index is 1.66. The third-order valence-electron chi connectivity index (χ3n) is 5.72. The molecule has 2 aliphatic heterocycles. The van der Waals surface area contributed by atoms with Crippen LogP contribution in [0.25, 0.3) is 22.3 Å². The number of nitrogens with one attached hydrogen (secondary N) is 1. The van der Waals surface area contributed by atoms with Crippen LogP contribution in [0.15, 0.2) is 30.7 Å². The molecule has 1 fully saturated rings. The third-order valence-corrected chi connectivity index (χ3v) is 5.72. The Kier molecular flexibility index (Phi) is 4.66. The molecule has 2 aliphatic rings. The number of methoxy groups -OCH3 is 1. The number of carbonyl (C=O) groups is 1. The number of anilines is 1. The molecule has 0 atom stereocenters.